The molecule has 1 saturated carbocycles. The van der Waals surface area contributed by atoms with Crippen molar-refractivity contribution in [2.75, 3.05) is 25.6 Å². The summed E-state index contributed by atoms with van der Waals surface area (Å²) in [6, 6.07) is 6.59. The molecule has 0 aromatic heterocycles. The molecule has 1 spiro atoms. The molecule has 1 saturated heterocycles. The summed E-state index contributed by atoms with van der Waals surface area (Å²) in [5, 5.41) is 6.16. The van der Waals surface area contributed by atoms with Crippen molar-refractivity contribution in [3.8, 4) is 0 Å². The van der Waals surface area contributed by atoms with E-state index in [1.54, 1.807) is 36.2 Å². The van der Waals surface area contributed by atoms with E-state index in [1.165, 1.54) is 4.90 Å². The number of nitrogens with zero attached hydrogens (tertiary/aromatic N) is 2. The number of hydrogen-bond acceptors (Lipinski definition) is 4. The van der Waals surface area contributed by atoms with Crippen LogP contribution in [0.2, 0.25) is 5.02 Å². The molecule has 1 aliphatic heterocycles. The Kier molecular flexibility index (Phi) is 5.95. The summed E-state index contributed by atoms with van der Waals surface area (Å²) in [7, 11) is 1.70. The van der Waals surface area contributed by atoms with Crippen molar-refractivity contribution in [1.29, 1.82) is 0 Å². The molecule has 2 fully saturated rings. The van der Waals surface area contributed by atoms with Crippen LogP contribution in [0.1, 0.15) is 33.1 Å². The van der Waals surface area contributed by atoms with Crippen LogP contribution in [-0.2, 0) is 9.59 Å². The normalized spacial score (nSPS) is 24.0. The van der Waals surface area contributed by atoms with Crippen LogP contribution in [0.3, 0.4) is 0 Å². The smallest absolute Gasteiger partial charge is 0.324 e. The fourth-order valence-electron chi connectivity index (χ4n) is 4.37. The van der Waals surface area contributed by atoms with Crippen LogP contribution in [-0.4, -0.2) is 53.4 Å². The van der Waals surface area contributed by atoms with Crippen molar-refractivity contribution in [3.05, 3.63) is 29.3 Å². The minimum atomic E-state index is -0.823. The van der Waals surface area contributed by atoms with E-state index in [1.807, 2.05) is 13.8 Å². The number of likely N-dealkylation sites (N-methyl/N-ethyl adjacent to an activating group) is 1. The molecule has 0 radical (unpaired) electrons. The number of amides is 4. The van der Waals surface area contributed by atoms with Gasteiger partial charge < -0.3 is 10.6 Å². The lowest BCUT2D eigenvalue weighted by atomic mass is 9.67. The van der Waals surface area contributed by atoms with Gasteiger partial charge in [0.05, 0.1) is 23.9 Å². The third-order valence-corrected chi connectivity index (χ3v) is 6.26. The number of carbonyl (C=O) groups excluding carboxylic acids is 3. The Bertz CT molecular complexity index is 774. The molecule has 0 unspecified atom stereocenters. The van der Waals surface area contributed by atoms with E-state index in [0.29, 0.717) is 10.7 Å². The first-order chi connectivity index (χ1) is 13.3. The first-order valence-corrected chi connectivity index (χ1v) is 10.0. The number of urea groups is 1. The third-order valence-electron chi connectivity index (χ3n) is 5.93. The first kappa shape index (κ1) is 20.6. The van der Waals surface area contributed by atoms with E-state index >= 15 is 0 Å². The topological polar surface area (TPSA) is 81.8 Å². The highest BCUT2D eigenvalue weighted by Gasteiger charge is 2.58. The number of hydrogen-bond donors (Lipinski definition) is 2. The monoisotopic (exact) mass is 406 g/mol. The van der Waals surface area contributed by atoms with Gasteiger partial charge in [-0.3, -0.25) is 14.5 Å². The zero-order valence-electron chi connectivity index (χ0n) is 16.5. The SMILES string of the molecule is C[C@H]1CCC[C@H](C)C12NC(=O)N(CN(C)CC(=O)Nc1ccccc1Cl)C2=O. The van der Waals surface area contributed by atoms with Crippen LogP contribution in [0.25, 0.3) is 0 Å². The van der Waals surface area contributed by atoms with E-state index in [0.717, 1.165) is 19.3 Å². The summed E-state index contributed by atoms with van der Waals surface area (Å²) in [4.78, 5) is 40.9. The lowest BCUT2D eigenvalue weighted by Gasteiger charge is -2.42. The van der Waals surface area contributed by atoms with Gasteiger partial charge in [0.25, 0.3) is 5.91 Å². The molecule has 28 heavy (non-hydrogen) atoms. The Morgan fingerprint density at radius 3 is 2.57 bits per heavy atom. The van der Waals surface area contributed by atoms with E-state index in [2.05, 4.69) is 10.6 Å². The van der Waals surface area contributed by atoms with Gasteiger partial charge in [-0.25, -0.2) is 9.69 Å². The van der Waals surface area contributed by atoms with Gasteiger partial charge in [-0.05, 0) is 43.9 Å². The maximum atomic E-state index is 13.2. The summed E-state index contributed by atoms with van der Waals surface area (Å²) in [6.45, 7) is 4.14. The van der Waals surface area contributed by atoms with Crippen molar-refractivity contribution >= 4 is 35.1 Å². The van der Waals surface area contributed by atoms with Gasteiger partial charge >= 0.3 is 6.03 Å². The van der Waals surface area contributed by atoms with Crippen LogP contribution in [0.5, 0.6) is 0 Å². The largest absolute Gasteiger partial charge is 0.326 e. The Balaban J connectivity index is 1.63. The Morgan fingerprint density at radius 2 is 1.93 bits per heavy atom. The number of benzene rings is 1. The summed E-state index contributed by atoms with van der Waals surface area (Å²) < 4.78 is 0. The highest BCUT2D eigenvalue weighted by atomic mass is 35.5. The second kappa shape index (κ2) is 8.09. The number of imide groups is 1. The molecule has 8 heteroatoms. The van der Waals surface area contributed by atoms with Crippen LogP contribution in [0.15, 0.2) is 24.3 Å². The number of nitrogens with one attached hydrogen (secondary N) is 2. The zero-order valence-corrected chi connectivity index (χ0v) is 17.3. The van der Waals surface area contributed by atoms with E-state index in [9.17, 15) is 14.4 Å². The molecule has 152 valence electrons. The highest BCUT2D eigenvalue weighted by molar-refractivity contribution is 6.33. The molecule has 1 aromatic rings. The molecule has 4 amide bonds. The molecular weight excluding hydrogens is 380 g/mol. The lowest BCUT2D eigenvalue weighted by Crippen LogP contribution is -2.59. The summed E-state index contributed by atoms with van der Waals surface area (Å²) >= 11 is 6.06. The molecule has 1 heterocycles. The minimum absolute atomic E-state index is 0.0282. The van der Waals surface area contributed by atoms with E-state index in [4.69, 9.17) is 11.6 Å². The molecule has 1 aromatic carbocycles. The molecule has 1 aliphatic carbocycles. The molecular formula is C20H27ClN4O3. The quantitative estimate of drug-likeness (QED) is 0.736. The van der Waals surface area contributed by atoms with Gasteiger partial charge in [0, 0.05) is 0 Å². The predicted molar refractivity (Wildman–Crippen MR) is 108 cm³/mol. The van der Waals surface area contributed by atoms with Gasteiger partial charge in [0.1, 0.15) is 5.54 Å². The molecule has 7 nitrogen and oxygen atoms in total. The van der Waals surface area contributed by atoms with Crippen LogP contribution >= 0.6 is 11.6 Å². The standard InChI is InChI=1S/C20H27ClN4O3/c1-13-7-6-8-14(2)20(13)18(27)25(19(28)23-20)12-24(3)11-17(26)22-16-10-5-4-9-15(16)21/h4-5,9-10,13-14H,6-8,11-12H2,1-3H3,(H,22,26)(H,23,28)/t13-,14-/m0/s1. The molecule has 3 rings (SSSR count). The average molecular weight is 407 g/mol. The van der Waals surface area contributed by atoms with Gasteiger partial charge in [-0.2, -0.15) is 0 Å². The van der Waals surface area contributed by atoms with Crippen molar-refractivity contribution < 1.29 is 14.4 Å². The van der Waals surface area contributed by atoms with Gasteiger partial charge in [-0.15, -0.1) is 0 Å². The second-order valence-corrected chi connectivity index (χ2v) is 8.36. The maximum absolute atomic E-state index is 13.2. The van der Waals surface area contributed by atoms with Crippen molar-refractivity contribution in [1.82, 2.24) is 15.1 Å². The summed E-state index contributed by atoms with van der Waals surface area (Å²) in [6.07, 6.45) is 2.90. The number of carbonyl (C=O) groups is 3. The highest BCUT2D eigenvalue weighted by Crippen LogP contribution is 2.42. The maximum Gasteiger partial charge on any atom is 0.326 e. The van der Waals surface area contributed by atoms with Crippen molar-refractivity contribution in [3.63, 3.8) is 0 Å². The van der Waals surface area contributed by atoms with Gasteiger partial charge in [-0.1, -0.05) is 44.0 Å². The minimum Gasteiger partial charge on any atom is -0.324 e. The first-order valence-electron chi connectivity index (χ1n) is 9.62. The van der Waals surface area contributed by atoms with E-state index in [-0.39, 0.29) is 42.9 Å². The molecule has 2 aliphatic rings. The van der Waals surface area contributed by atoms with Gasteiger partial charge in [0.2, 0.25) is 5.91 Å². The number of rotatable bonds is 5. The third kappa shape index (κ3) is 3.73. The van der Waals surface area contributed by atoms with Crippen LogP contribution in [0, 0.1) is 11.8 Å². The molecule has 2 N–H and O–H groups in total. The summed E-state index contributed by atoms with van der Waals surface area (Å²) in [5.41, 5.74) is -0.294. The van der Waals surface area contributed by atoms with Crippen LogP contribution in [0.4, 0.5) is 10.5 Å². The lowest BCUT2D eigenvalue weighted by molar-refractivity contribution is -0.138. The zero-order chi connectivity index (χ0) is 20.5. The predicted octanol–water partition coefficient (Wildman–Crippen LogP) is 2.91. The average Bonchev–Trinajstić information content (AvgIpc) is 2.87. The Morgan fingerprint density at radius 1 is 1.29 bits per heavy atom. The van der Waals surface area contributed by atoms with Crippen molar-refractivity contribution in [2.45, 2.75) is 38.6 Å². The second-order valence-electron chi connectivity index (χ2n) is 7.95. The fraction of sp³-hybridized carbons (Fsp3) is 0.550. The molecule has 0 bridgehead atoms. The Hall–Kier alpha value is -2.12. The van der Waals surface area contributed by atoms with E-state index < -0.39 is 5.54 Å². The molecule has 2 atom stereocenters. The fourth-order valence-corrected chi connectivity index (χ4v) is 4.55. The Labute approximate surface area is 170 Å². The number of anilines is 1. The summed E-state index contributed by atoms with van der Waals surface area (Å²) in [5.74, 6) is -0.273. The van der Waals surface area contributed by atoms with Crippen LogP contribution < -0.4 is 10.6 Å². The number of halogens is 1. The van der Waals surface area contributed by atoms with Crippen molar-refractivity contribution in [2.24, 2.45) is 11.8 Å². The number of para-hydroxylation sites is 1. The van der Waals surface area contributed by atoms with Gasteiger partial charge in [0.15, 0.2) is 0 Å².